The molecule has 4 fully saturated rings. The van der Waals surface area contributed by atoms with Gasteiger partial charge in [-0.2, -0.15) is 9.80 Å². The van der Waals surface area contributed by atoms with Crippen LogP contribution in [0.2, 0.25) is 0 Å². The molecule has 0 unspecified atom stereocenters. The lowest BCUT2D eigenvalue weighted by molar-refractivity contribution is -0.131. The zero-order valence-corrected chi connectivity index (χ0v) is 29.1. The fourth-order valence-electron chi connectivity index (χ4n) is 7.20. The third-order valence-electron chi connectivity index (χ3n) is 9.58. The summed E-state index contributed by atoms with van der Waals surface area (Å²) in [5.41, 5.74) is 2.47. The molecule has 0 atom stereocenters. The van der Waals surface area contributed by atoms with Crippen LogP contribution in [0.1, 0.15) is 82.3 Å². The Hall–Kier alpha value is -3.90. The summed E-state index contributed by atoms with van der Waals surface area (Å²) in [6.45, 7) is 5.95. The maximum absolute atomic E-state index is 13.2. The Balaban J connectivity index is 0.000000185. The van der Waals surface area contributed by atoms with Crippen molar-refractivity contribution in [2.45, 2.75) is 96.1 Å². The van der Waals surface area contributed by atoms with Gasteiger partial charge in [0.05, 0.1) is 13.7 Å². The monoisotopic (exact) mass is 678 g/mol. The van der Waals surface area contributed by atoms with Gasteiger partial charge < -0.3 is 19.3 Å². The SMILES string of the molecule is CCOC(=O)N1C(=O)C2(CCCCC2)N(c2ccc(C)cc2)C1=S.COC(=O)N1C(=O)C2(CCCCC2)N(c2ccc(C)cc2)C1=S. The van der Waals surface area contributed by atoms with Gasteiger partial charge in [-0.05, 0) is 95.2 Å². The van der Waals surface area contributed by atoms with Crippen molar-refractivity contribution in [3.05, 3.63) is 59.7 Å². The van der Waals surface area contributed by atoms with E-state index in [2.05, 4.69) is 0 Å². The molecule has 4 amide bonds. The maximum atomic E-state index is 13.2. The van der Waals surface area contributed by atoms with Crippen molar-refractivity contribution < 1.29 is 28.7 Å². The number of ether oxygens (including phenoxy) is 2. The summed E-state index contributed by atoms with van der Waals surface area (Å²) in [6.07, 6.45) is 7.43. The fraction of sp³-hybridized carbons (Fsp3) is 0.486. The predicted octanol–water partition coefficient (Wildman–Crippen LogP) is 7.19. The zero-order valence-electron chi connectivity index (χ0n) is 27.5. The Labute approximate surface area is 286 Å². The standard InChI is InChI=1S/C18H22N2O3S.C17H20N2O3S/c1-3-23-17(22)19-15(21)18(11-5-4-6-12-18)20(16(19)24)14-9-7-13(2)8-10-14;1-12-6-8-13(9-7-12)19-15(23)18(16(21)22-2)14(20)17(19)10-4-3-5-11-17/h7-10H,3-6,11-12H2,1-2H3;6-9H,3-5,10-11H2,1-2H3. The summed E-state index contributed by atoms with van der Waals surface area (Å²) in [5, 5.41) is 0.441. The summed E-state index contributed by atoms with van der Waals surface area (Å²) < 4.78 is 9.82. The van der Waals surface area contributed by atoms with Crippen LogP contribution in [-0.4, -0.2) is 68.8 Å². The van der Waals surface area contributed by atoms with Gasteiger partial charge in [-0.1, -0.05) is 73.9 Å². The number of benzene rings is 2. The quantitative estimate of drug-likeness (QED) is 0.310. The van der Waals surface area contributed by atoms with Crippen LogP contribution in [0.25, 0.3) is 0 Å². The van der Waals surface area contributed by atoms with E-state index in [0.29, 0.717) is 25.7 Å². The molecule has 2 saturated carbocycles. The first-order valence-corrected chi connectivity index (χ1v) is 17.1. The van der Waals surface area contributed by atoms with E-state index in [-0.39, 0.29) is 28.6 Å². The van der Waals surface area contributed by atoms with Crippen LogP contribution >= 0.6 is 24.4 Å². The van der Waals surface area contributed by atoms with E-state index in [1.807, 2.05) is 72.2 Å². The molecule has 0 radical (unpaired) electrons. The number of nitrogens with zero attached hydrogens (tertiary/aromatic N) is 4. The van der Waals surface area contributed by atoms with Gasteiger partial charge in [0.2, 0.25) is 0 Å². The average Bonchev–Trinajstić information content (AvgIpc) is 3.40. The molecule has 2 aliphatic heterocycles. The smallest absolute Gasteiger partial charge is 0.423 e. The lowest BCUT2D eigenvalue weighted by atomic mass is 9.80. The lowest BCUT2D eigenvalue weighted by Crippen LogP contribution is -2.51. The van der Waals surface area contributed by atoms with Crippen LogP contribution in [0.3, 0.4) is 0 Å². The first-order chi connectivity index (χ1) is 22.5. The van der Waals surface area contributed by atoms with Crippen LogP contribution in [-0.2, 0) is 19.1 Å². The summed E-state index contributed by atoms with van der Waals surface area (Å²) in [5.74, 6) is -0.499. The second kappa shape index (κ2) is 14.1. The van der Waals surface area contributed by atoms with E-state index in [1.165, 1.54) is 7.11 Å². The van der Waals surface area contributed by atoms with E-state index < -0.39 is 23.3 Å². The van der Waals surface area contributed by atoms with Crippen LogP contribution in [0, 0.1) is 13.8 Å². The molecule has 10 nitrogen and oxygen atoms in total. The normalized spacial score (nSPS) is 20.1. The van der Waals surface area contributed by atoms with Crippen molar-refractivity contribution in [3.63, 3.8) is 0 Å². The highest BCUT2D eigenvalue weighted by atomic mass is 32.1. The van der Waals surface area contributed by atoms with Gasteiger partial charge in [0, 0.05) is 11.4 Å². The molecular formula is C35H42N4O6S2. The van der Waals surface area contributed by atoms with Gasteiger partial charge in [-0.25, -0.2) is 9.59 Å². The van der Waals surface area contributed by atoms with Gasteiger partial charge in [0.15, 0.2) is 10.2 Å². The number of hydrogen-bond acceptors (Lipinski definition) is 8. The number of amides is 4. The van der Waals surface area contributed by atoms with Gasteiger partial charge >= 0.3 is 12.2 Å². The average molecular weight is 679 g/mol. The first-order valence-electron chi connectivity index (χ1n) is 16.3. The molecule has 0 aromatic heterocycles. The minimum Gasteiger partial charge on any atom is -0.452 e. The molecule has 250 valence electrons. The Morgan fingerprint density at radius 2 is 1.02 bits per heavy atom. The first kappa shape index (κ1) is 34.4. The summed E-state index contributed by atoms with van der Waals surface area (Å²) >= 11 is 11.0. The van der Waals surface area contributed by atoms with Gasteiger partial charge in [-0.15, -0.1) is 0 Å². The highest BCUT2D eigenvalue weighted by Crippen LogP contribution is 2.45. The highest BCUT2D eigenvalue weighted by Gasteiger charge is 2.59. The molecule has 2 saturated heterocycles. The number of hydrogen-bond donors (Lipinski definition) is 0. The Morgan fingerprint density at radius 3 is 1.36 bits per heavy atom. The van der Waals surface area contributed by atoms with Crippen LogP contribution < -0.4 is 9.80 Å². The minimum atomic E-state index is -0.753. The molecule has 0 N–H and O–H groups in total. The Bertz CT molecular complexity index is 1550. The van der Waals surface area contributed by atoms with E-state index in [9.17, 15) is 19.2 Å². The molecule has 6 rings (SSSR count). The Kier molecular flexibility index (Phi) is 10.3. The van der Waals surface area contributed by atoms with E-state index in [4.69, 9.17) is 33.9 Å². The number of imide groups is 2. The number of anilines is 2. The van der Waals surface area contributed by atoms with E-state index in [0.717, 1.165) is 70.8 Å². The molecule has 47 heavy (non-hydrogen) atoms. The second-order valence-electron chi connectivity index (χ2n) is 12.5. The lowest BCUT2D eigenvalue weighted by Gasteiger charge is -2.39. The fourth-order valence-corrected chi connectivity index (χ4v) is 8.08. The number of carbonyl (C=O) groups excluding carboxylic acids is 4. The predicted molar refractivity (Wildman–Crippen MR) is 187 cm³/mol. The second-order valence-corrected chi connectivity index (χ2v) is 13.3. The summed E-state index contributed by atoms with van der Waals surface area (Å²) in [6, 6.07) is 15.8. The molecule has 2 heterocycles. The number of aryl methyl sites for hydroxylation is 2. The molecule has 2 aliphatic carbocycles. The van der Waals surface area contributed by atoms with Gasteiger partial charge in [0.1, 0.15) is 11.1 Å². The van der Waals surface area contributed by atoms with Crippen molar-refractivity contribution in [2.75, 3.05) is 23.5 Å². The van der Waals surface area contributed by atoms with Crippen molar-refractivity contribution >= 4 is 70.0 Å². The van der Waals surface area contributed by atoms with Crippen LogP contribution in [0.5, 0.6) is 0 Å². The van der Waals surface area contributed by atoms with E-state index in [1.54, 1.807) is 6.92 Å². The van der Waals surface area contributed by atoms with Crippen molar-refractivity contribution in [1.29, 1.82) is 0 Å². The molecule has 12 heteroatoms. The highest BCUT2D eigenvalue weighted by molar-refractivity contribution is 7.80. The number of methoxy groups -OCH3 is 1. The number of carbonyl (C=O) groups is 4. The third kappa shape index (κ3) is 6.13. The van der Waals surface area contributed by atoms with Gasteiger partial charge in [0.25, 0.3) is 11.8 Å². The molecular weight excluding hydrogens is 637 g/mol. The largest absolute Gasteiger partial charge is 0.452 e. The molecule has 2 aromatic rings. The summed E-state index contributed by atoms with van der Waals surface area (Å²) in [4.78, 5) is 56.3. The number of thiocarbonyl (C=S) groups is 2. The molecule has 4 aliphatic rings. The molecule has 2 spiro atoms. The van der Waals surface area contributed by atoms with Gasteiger partial charge in [-0.3, -0.25) is 9.59 Å². The minimum absolute atomic E-state index is 0.211. The molecule has 2 aromatic carbocycles. The van der Waals surface area contributed by atoms with Crippen molar-refractivity contribution in [3.8, 4) is 0 Å². The van der Waals surface area contributed by atoms with Crippen LogP contribution in [0.4, 0.5) is 21.0 Å². The zero-order chi connectivity index (χ0) is 33.9. The van der Waals surface area contributed by atoms with Crippen molar-refractivity contribution in [2.24, 2.45) is 0 Å². The van der Waals surface area contributed by atoms with Crippen molar-refractivity contribution in [1.82, 2.24) is 9.80 Å². The van der Waals surface area contributed by atoms with E-state index >= 15 is 0 Å². The van der Waals surface area contributed by atoms with Crippen LogP contribution in [0.15, 0.2) is 48.5 Å². The number of rotatable bonds is 3. The topological polar surface area (TPSA) is 99.7 Å². The Morgan fingerprint density at radius 1 is 0.660 bits per heavy atom. The third-order valence-corrected chi connectivity index (χ3v) is 10.3. The molecule has 0 bridgehead atoms. The maximum Gasteiger partial charge on any atom is 0.423 e. The summed E-state index contributed by atoms with van der Waals surface area (Å²) in [7, 11) is 1.26.